The van der Waals surface area contributed by atoms with Gasteiger partial charge in [0.05, 0.1) is 19.4 Å². The molecule has 9 heteroatoms. The van der Waals surface area contributed by atoms with Crippen LogP contribution < -0.4 is 9.92 Å². The lowest BCUT2D eigenvalue weighted by atomic mass is 9.90. The number of methoxy groups -OCH3 is 1. The van der Waals surface area contributed by atoms with Crippen LogP contribution in [0.4, 0.5) is 0 Å². The molecule has 8 nitrogen and oxygen atoms in total. The van der Waals surface area contributed by atoms with Gasteiger partial charge in [-0.2, -0.15) is 8.42 Å². The van der Waals surface area contributed by atoms with Crippen molar-refractivity contribution in [3.8, 4) is 16.9 Å². The number of benzene rings is 4. The molecule has 0 aliphatic heterocycles. The highest BCUT2D eigenvalue weighted by atomic mass is 32.2. The number of carbonyl (C=O) groups excluding carboxylic acids is 2. The number of ether oxygens (including phenoxy) is 2. The van der Waals surface area contributed by atoms with E-state index in [0.717, 1.165) is 22.3 Å². The van der Waals surface area contributed by atoms with Gasteiger partial charge in [-0.3, -0.25) is 9.59 Å². The van der Waals surface area contributed by atoms with Crippen molar-refractivity contribution in [1.29, 1.82) is 0 Å². The van der Waals surface area contributed by atoms with Gasteiger partial charge in [-0.25, -0.2) is 0 Å². The highest BCUT2D eigenvalue weighted by Crippen LogP contribution is 2.44. The average molecular weight is 572 g/mol. The van der Waals surface area contributed by atoms with Gasteiger partial charge in [0.1, 0.15) is 17.3 Å². The normalized spacial score (nSPS) is 13.9. The van der Waals surface area contributed by atoms with Gasteiger partial charge in [-0.1, -0.05) is 78.9 Å². The maximum Gasteiger partial charge on any atom is 0.339 e. The summed E-state index contributed by atoms with van der Waals surface area (Å²) in [5.41, 5.74) is 11.1. The number of nitrogens with two attached hydrogens (primary N) is 1. The Labute approximate surface area is 238 Å². The van der Waals surface area contributed by atoms with Crippen LogP contribution in [0.2, 0.25) is 0 Å². The van der Waals surface area contributed by atoms with Crippen LogP contribution in [-0.2, 0) is 29.2 Å². The van der Waals surface area contributed by atoms with E-state index in [1.165, 1.54) is 31.4 Å². The molecule has 41 heavy (non-hydrogen) atoms. The van der Waals surface area contributed by atoms with Crippen molar-refractivity contribution >= 4 is 22.1 Å². The van der Waals surface area contributed by atoms with E-state index < -0.39 is 34.0 Å². The molecule has 0 bridgehead atoms. The Balaban J connectivity index is 1.37. The molecule has 0 saturated heterocycles. The van der Waals surface area contributed by atoms with Crippen LogP contribution in [0, 0.1) is 0 Å². The van der Waals surface area contributed by atoms with Crippen molar-refractivity contribution in [2.75, 3.05) is 13.7 Å². The number of fused-ring (bicyclic) bond motifs is 3. The number of carbonyl (C=O) groups is 2. The van der Waals surface area contributed by atoms with Gasteiger partial charge in [0.2, 0.25) is 0 Å². The third kappa shape index (κ3) is 6.01. The van der Waals surface area contributed by atoms with Gasteiger partial charge in [-0.15, -0.1) is 0 Å². The molecule has 2 atom stereocenters. The first kappa shape index (κ1) is 28.1. The van der Waals surface area contributed by atoms with E-state index in [9.17, 15) is 18.0 Å². The third-order valence-corrected chi connectivity index (χ3v) is 8.41. The minimum atomic E-state index is -4.04. The molecule has 5 rings (SSSR count). The summed E-state index contributed by atoms with van der Waals surface area (Å²) in [7, 11) is -2.80. The Morgan fingerprint density at radius 2 is 1.37 bits per heavy atom. The van der Waals surface area contributed by atoms with Gasteiger partial charge in [0, 0.05) is 12.0 Å². The minimum absolute atomic E-state index is 0.0145. The predicted molar refractivity (Wildman–Crippen MR) is 153 cm³/mol. The zero-order valence-electron chi connectivity index (χ0n) is 22.3. The molecule has 0 spiro atoms. The van der Waals surface area contributed by atoms with E-state index in [1.807, 2.05) is 48.5 Å². The molecule has 0 heterocycles. The molecule has 0 fully saturated rings. The Bertz CT molecular complexity index is 1610. The maximum atomic E-state index is 13.6. The molecule has 0 amide bonds. The fraction of sp³-hybridized carbons (Fsp3) is 0.188. The highest BCUT2D eigenvalue weighted by molar-refractivity contribution is 7.87. The first-order chi connectivity index (χ1) is 19.8. The fourth-order valence-electron chi connectivity index (χ4n) is 5.14. The van der Waals surface area contributed by atoms with E-state index in [1.54, 1.807) is 30.3 Å². The second-order valence-electron chi connectivity index (χ2n) is 9.70. The SMILES string of the molecule is COC(=O)CC(N)C(C(=O)OCC1c2ccccc2-c2ccccc21)c1ccc(OS(=O)(=O)c2ccccc2)cc1. The van der Waals surface area contributed by atoms with Crippen molar-refractivity contribution in [1.82, 2.24) is 0 Å². The van der Waals surface area contributed by atoms with E-state index >= 15 is 0 Å². The Hall–Kier alpha value is -4.47. The van der Waals surface area contributed by atoms with Crippen molar-refractivity contribution in [3.05, 3.63) is 120 Å². The number of hydrogen-bond donors (Lipinski definition) is 1. The first-order valence-electron chi connectivity index (χ1n) is 13.0. The van der Waals surface area contributed by atoms with Crippen molar-refractivity contribution < 1.29 is 31.7 Å². The molecule has 210 valence electrons. The van der Waals surface area contributed by atoms with Gasteiger partial charge in [-0.05, 0) is 52.1 Å². The lowest BCUT2D eigenvalue weighted by molar-refractivity contribution is -0.147. The summed E-state index contributed by atoms with van der Waals surface area (Å²) in [4.78, 5) is 25.6. The Morgan fingerprint density at radius 3 is 1.95 bits per heavy atom. The van der Waals surface area contributed by atoms with Crippen molar-refractivity contribution in [2.24, 2.45) is 5.73 Å². The molecule has 4 aromatic carbocycles. The molecule has 1 aliphatic rings. The van der Waals surface area contributed by atoms with Crippen LogP contribution in [0.5, 0.6) is 5.75 Å². The quantitative estimate of drug-likeness (QED) is 0.213. The van der Waals surface area contributed by atoms with Crippen LogP contribution >= 0.6 is 0 Å². The molecule has 4 aromatic rings. The number of rotatable bonds is 10. The fourth-order valence-corrected chi connectivity index (χ4v) is 6.09. The summed E-state index contributed by atoms with van der Waals surface area (Å²) in [6.45, 7) is 0.0881. The van der Waals surface area contributed by atoms with Gasteiger partial charge < -0.3 is 19.4 Å². The summed E-state index contributed by atoms with van der Waals surface area (Å²) in [5, 5.41) is 0. The van der Waals surface area contributed by atoms with E-state index in [-0.39, 0.29) is 29.6 Å². The molecular formula is C32H29NO7S. The zero-order chi connectivity index (χ0) is 29.0. The molecule has 0 saturated carbocycles. The third-order valence-electron chi connectivity index (χ3n) is 7.14. The largest absolute Gasteiger partial charge is 0.469 e. The lowest BCUT2D eigenvalue weighted by Crippen LogP contribution is -2.37. The smallest absolute Gasteiger partial charge is 0.339 e. The second-order valence-corrected chi connectivity index (χ2v) is 11.2. The Kier molecular flexibility index (Phi) is 8.19. The summed E-state index contributed by atoms with van der Waals surface area (Å²) in [6.07, 6.45) is -0.216. The average Bonchev–Trinajstić information content (AvgIpc) is 3.31. The van der Waals surface area contributed by atoms with Gasteiger partial charge in [0.25, 0.3) is 0 Å². The van der Waals surface area contributed by atoms with E-state index in [2.05, 4.69) is 0 Å². The van der Waals surface area contributed by atoms with Gasteiger partial charge >= 0.3 is 22.1 Å². The summed E-state index contributed by atoms with van der Waals surface area (Å²) in [6, 6.07) is 28.8. The summed E-state index contributed by atoms with van der Waals surface area (Å²) in [5.74, 6) is -2.27. The molecular weight excluding hydrogens is 542 g/mol. The standard InChI is InChI=1S/C32H29NO7S/c1-38-30(34)19-29(33)31(21-15-17-22(18-16-21)40-41(36,37)23-9-3-2-4-10-23)32(35)39-20-28-26-13-7-5-11-24(26)25-12-6-8-14-27(25)28/h2-18,28-29,31H,19-20,33H2,1H3. The van der Waals surface area contributed by atoms with Crippen LogP contribution in [0.1, 0.15) is 34.9 Å². The topological polar surface area (TPSA) is 122 Å². The second kappa shape index (κ2) is 12.0. The highest BCUT2D eigenvalue weighted by Gasteiger charge is 2.34. The maximum absolute atomic E-state index is 13.6. The monoisotopic (exact) mass is 571 g/mol. The number of esters is 2. The van der Waals surface area contributed by atoms with Crippen LogP contribution in [0.3, 0.4) is 0 Å². The van der Waals surface area contributed by atoms with Crippen LogP contribution in [-0.4, -0.2) is 40.1 Å². The van der Waals surface area contributed by atoms with Crippen molar-refractivity contribution in [3.63, 3.8) is 0 Å². The summed E-state index contributed by atoms with van der Waals surface area (Å²) >= 11 is 0. The van der Waals surface area contributed by atoms with Gasteiger partial charge in [0.15, 0.2) is 0 Å². The zero-order valence-corrected chi connectivity index (χ0v) is 23.1. The lowest BCUT2D eigenvalue weighted by Gasteiger charge is -2.24. The molecule has 2 unspecified atom stereocenters. The summed E-state index contributed by atoms with van der Waals surface area (Å²) < 4.78 is 41.1. The molecule has 0 aromatic heterocycles. The Morgan fingerprint density at radius 1 is 0.805 bits per heavy atom. The minimum Gasteiger partial charge on any atom is -0.469 e. The van der Waals surface area contributed by atoms with Crippen molar-refractivity contribution in [2.45, 2.75) is 29.2 Å². The predicted octanol–water partition coefficient (Wildman–Crippen LogP) is 4.78. The van der Waals surface area contributed by atoms with E-state index in [4.69, 9.17) is 19.4 Å². The molecule has 0 radical (unpaired) electrons. The van der Waals surface area contributed by atoms with Crippen LogP contribution in [0.15, 0.2) is 108 Å². The first-order valence-corrected chi connectivity index (χ1v) is 14.5. The van der Waals surface area contributed by atoms with E-state index in [0.29, 0.717) is 5.56 Å². The van der Waals surface area contributed by atoms with Crippen LogP contribution in [0.25, 0.3) is 11.1 Å². The molecule has 2 N–H and O–H groups in total. The number of hydrogen-bond acceptors (Lipinski definition) is 8. The molecule has 1 aliphatic carbocycles.